The fourth-order valence-corrected chi connectivity index (χ4v) is 2.53. The normalized spacial score (nSPS) is 12.4. The Morgan fingerprint density at radius 2 is 2.17 bits per heavy atom. The molecule has 1 rings (SSSR count). The van der Waals surface area contributed by atoms with Gasteiger partial charge >= 0.3 is 0 Å². The number of nitrogens with one attached hydrogen (secondary N) is 1. The van der Waals surface area contributed by atoms with Crippen LogP contribution in [0.1, 0.15) is 55.8 Å². The van der Waals surface area contributed by atoms with E-state index in [1.165, 1.54) is 0 Å². The van der Waals surface area contributed by atoms with Crippen LogP contribution in [0, 0.1) is 6.92 Å². The van der Waals surface area contributed by atoms with E-state index in [9.17, 15) is 4.79 Å². The number of hydrogen-bond donors (Lipinski definition) is 2. The Morgan fingerprint density at radius 1 is 1.44 bits per heavy atom. The summed E-state index contributed by atoms with van der Waals surface area (Å²) in [5.41, 5.74) is 6.43. The van der Waals surface area contributed by atoms with Gasteiger partial charge in [-0.2, -0.15) is 0 Å². The summed E-state index contributed by atoms with van der Waals surface area (Å²) in [5, 5.41) is 5.97. The zero-order valence-electron chi connectivity index (χ0n) is 11.2. The molecule has 1 unspecified atom stereocenters. The molecule has 1 aromatic rings. The topological polar surface area (TPSA) is 68.0 Å². The van der Waals surface area contributed by atoms with Gasteiger partial charge in [-0.15, -0.1) is 11.3 Å². The lowest BCUT2D eigenvalue weighted by atomic mass is 10.1. The Labute approximate surface area is 113 Å². The summed E-state index contributed by atoms with van der Waals surface area (Å²) in [6.45, 7) is 4.68. The number of rotatable bonds is 8. The number of thiazole rings is 1. The van der Waals surface area contributed by atoms with E-state index in [1.54, 1.807) is 11.3 Å². The van der Waals surface area contributed by atoms with Gasteiger partial charge in [0.05, 0.1) is 6.04 Å². The minimum atomic E-state index is 0.0141. The average Bonchev–Trinajstić information content (AvgIpc) is 2.75. The lowest BCUT2D eigenvalue weighted by molar-refractivity contribution is -0.121. The molecule has 0 radical (unpaired) electrons. The summed E-state index contributed by atoms with van der Waals surface area (Å²) >= 11 is 1.59. The van der Waals surface area contributed by atoms with Crippen LogP contribution >= 0.6 is 11.3 Å². The molecule has 0 bridgehead atoms. The molecule has 1 aromatic heterocycles. The quantitative estimate of drug-likeness (QED) is 0.713. The molecular formula is C13H23N3OS. The molecule has 0 aliphatic heterocycles. The zero-order valence-corrected chi connectivity index (χ0v) is 12.1. The van der Waals surface area contributed by atoms with Crippen LogP contribution in [0.2, 0.25) is 0 Å². The second-order valence-electron chi connectivity index (χ2n) is 4.57. The standard InChI is InChI=1S/C13H23N3OS/c1-10-9-18-13(15-10)11(2)16-12(17)7-5-3-4-6-8-14/h9,11H,3-8,14H2,1-2H3,(H,16,17). The van der Waals surface area contributed by atoms with E-state index >= 15 is 0 Å². The average molecular weight is 269 g/mol. The molecule has 0 saturated carbocycles. The number of carbonyl (C=O) groups is 1. The second kappa shape index (κ2) is 8.21. The number of nitrogens with zero attached hydrogens (tertiary/aromatic N) is 1. The molecule has 18 heavy (non-hydrogen) atoms. The summed E-state index contributed by atoms with van der Waals surface area (Å²) in [7, 11) is 0. The van der Waals surface area contributed by atoms with Gasteiger partial charge in [0, 0.05) is 17.5 Å². The van der Waals surface area contributed by atoms with Gasteiger partial charge in [-0.1, -0.05) is 12.8 Å². The van der Waals surface area contributed by atoms with Crippen molar-refractivity contribution in [3.8, 4) is 0 Å². The molecule has 0 aliphatic rings. The van der Waals surface area contributed by atoms with Crippen LogP contribution in [0.15, 0.2) is 5.38 Å². The summed E-state index contributed by atoms with van der Waals surface area (Å²) in [6, 6.07) is 0.0141. The molecule has 1 atom stereocenters. The van der Waals surface area contributed by atoms with Crippen molar-refractivity contribution < 1.29 is 4.79 Å². The number of nitrogens with two attached hydrogens (primary N) is 1. The Bertz CT molecular complexity index is 365. The number of carbonyl (C=O) groups excluding carboxylic acids is 1. The van der Waals surface area contributed by atoms with E-state index in [2.05, 4.69) is 10.3 Å². The van der Waals surface area contributed by atoms with Crippen molar-refractivity contribution in [2.45, 2.75) is 52.0 Å². The molecule has 102 valence electrons. The van der Waals surface area contributed by atoms with Gasteiger partial charge in [0.25, 0.3) is 0 Å². The lowest BCUT2D eigenvalue weighted by Gasteiger charge is -2.11. The largest absolute Gasteiger partial charge is 0.347 e. The number of amides is 1. The Balaban J connectivity index is 2.19. The minimum absolute atomic E-state index is 0.0141. The lowest BCUT2D eigenvalue weighted by Crippen LogP contribution is -2.26. The molecule has 5 heteroatoms. The van der Waals surface area contributed by atoms with Gasteiger partial charge < -0.3 is 11.1 Å². The Hall–Kier alpha value is -0.940. The van der Waals surface area contributed by atoms with E-state index in [4.69, 9.17) is 5.73 Å². The third-order valence-corrected chi connectivity index (χ3v) is 3.89. The second-order valence-corrected chi connectivity index (χ2v) is 5.46. The monoisotopic (exact) mass is 269 g/mol. The molecule has 0 aromatic carbocycles. The summed E-state index contributed by atoms with van der Waals surface area (Å²) < 4.78 is 0. The molecule has 1 heterocycles. The first-order valence-corrected chi connectivity index (χ1v) is 7.43. The van der Waals surface area contributed by atoms with Crippen LogP contribution < -0.4 is 11.1 Å². The van der Waals surface area contributed by atoms with E-state index in [-0.39, 0.29) is 11.9 Å². The molecule has 4 nitrogen and oxygen atoms in total. The maximum atomic E-state index is 11.7. The van der Waals surface area contributed by atoms with Crippen molar-refractivity contribution >= 4 is 17.2 Å². The number of hydrogen-bond acceptors (Lipinski definition) is 4. The van der Waals surface area contributed by atoms with Crippen molar-refractivity contribution in [1.29, 1.82) is 0 Å². The van der Waals surface area contributed by atoms with Crippen molar-refractivity contribution in [2.75, 3.05) is 6.54 Å². The highest BCUT2D eigenvalue weighted by atomic mass is 32.1. The molecular weight excluding hydrogens is 246 g/mol. The van der Waals surface area contributed by atoms with Crippen molar-refractivity contribution in [1.82, 2.24) is 10.3 Å². The fraction of sp³-hybridized carbons (Fsp3) is 0.692. The predicted octanol–water partition coefficient (Wildman–Crippen LogP) is 2.54. The highest BCUT2D eigenvalue weighted by Gasteiger charge is 2.12. The van der Waals surface area contributed by atoms with Crippen molar-refractivity contribution in [3.63, 3.8) is 0 Å². The minimum Gasteiger partial charge on any atom is -0.347 e. The van der Waals surface area contributed by atoms with Crippen molar-refractivity contribution in [2.24, 2.45) is 5.73 Å². The Kier molecular flexibility index (Phi) is 6.90. The summed E-state index contributed by atoms with van der Waals surface area (Å²) in [4.78, 5) is 16.1. The molecule has 0 aliphatic carbocycles. The van der Waals surface area contributed by atoms with Gasteiger partial charge in [0.1, 0.15) is 5.01 Å². The smallest absolute Gasteiger partial charge is 0.220 e. The molecule has 0 saturated heterocycles. The van der Waals surface area contributed by atoms with Crippen LogP contribution in [-0.2, 0) is 4.79 Å². The number of unbranched alkanes of at least 4 members (excludes halogenated alkanes) is 3. The fourth-order valence-electron chi connectivity index (χ4n) is 1.73. The highest BCUT2D eigenvalue weighted by molar-refractivity contribution is 7.09. The molecule has 0 spiro atoms. The van der Waals surface area contributed by atoms with E-state index in [0.717, 1.165) is 42.9 Å². The van der Waals surface area contributed by atoms with Crippen LogP contribution in [-0.4, -0.2) is 17.4 Å². The van der Waals surface area contributed by atoms with Gasteiger partial charge in [0.2, 0.25) is 5.91 Å². The maximum absolute atomic E-state index is 11.7. The van der Waals surface area contributed by atoms with Gasteiger partial charge in [-0.25, -0.2) is 4.98 Å². The van der Waals surface area contributed by atoms with Gasteiger partial charge in [-0.05, 0) is 33.2 Å². The van der Waals surface area contributed by atoms with Crippen LogP contribution in [0.5, 0.6) is 0 Å². The van der Waals surface area contributed by atoms with Crippen molar-refractivity contribution in [3.05, 3.63) is 16.1 Å². The molecule has 3 N–H and O–H groups in total. The summed E-state index contributed by atoms with van der Waals surface area (Å²) in [5.74, 6) is 0.114. The van der Waals surface area contributed by atoms with E-state index < -0.39 is 0 Å². The number of aryl methyl sites for hydroxylation is 1. The first-order valence-electron chi connectivity index (χ1n) is 6.55. The van der Waals surface area contributed by atoms with E-state index in [0.29, 0.717) is 6.42 Å². The number of aromatic nitrogens is 1. The zero-order chi connectivity index (χ0) is 13.4. The third-order valence-electron chi connectivity index (χ3n) is 2.74. The van der Waals surface area contributed by atoms with Gasteiger partial charge in [0.15, 0.2) is 0 Å². The van der Waals surface area contributed by atoms with Crippen LogP contribution in [0.25, 0.3) is 0 Å². The van der Waals surface area contributed by atoms with E-state index in [1.807, 2.05) is 19.2 Å². The SMILES string of the molecule is Cc1csc(C(C)NC(=O)CCCCCCN)n1. The maximum Gasteiger partial charge on any atom is 0.220 e. The first kappa shape index (κ1) is 15.1. The highest BCUT2D eigenvalue weighted by Crippen LogP contribution is 2.17. The third kappa shape index (κ3) is 5.60. The first-order chi connectivity index (χ1) is 8.63. The van der Waals surface area contributed by atoms with Crippen LogP contribution in [0.4, 0.5) is 0 Å². The Morgan fingerprint density at radius 3 is 2.78 bits per heavy atom. The molecule has 0 fully saturated rings. The van der Waals surface area contributed by atoms with Crippen LogP contribution in [0.3, 0.4) is 0 Å². The predicted molar refractivity (Wildman–Crippen MR) is 75.5 cm³/mol. The summed E-state index contributed by atoms with van der Waals surface area (Å²) in [6.07, 6.45) is 4.78. The molecule has 1 amide bonds. The van der Waals surface area contributed by atoms with Gasteiger partial charge in [-0.3, -0.25) is 4.79 Å².